The van der Waals surface area contributed by atoms with Gasteiger partial charge in [-0.3, -0.25) is 9.48 Å². The lowest BCUT2D eigenvalue weighted by Crippen LogP contribution is -2.10. The van der Waals surface area contributed by atoms with E-state index in [9.17, 15) is 4.79 Å². The number of hydrogen-bond acceptors (Lipinski definition) is 2. The second-order valence-corrected chi connectivity index (χ2v) is 5.22. The summed E-state index contributed by atoms with van der Waals surface area (Å²) < 4.78 is 2.01. The van der Waals surface area contributed by atoms with E-state index < -0.39 is 0 Å². The predicted molar refractivity (Wildman–Crippen MR) is 67.8 cm³/mol. The summed E-state index contributed by atoms with van der Waals surface area (Å²) in [5.74, 6) is 1.28. The normalized spacial score (nSPS) is 23.1. The van der Waals surface area contributed by atoms with Gasteiger partial charge in [-0.25, -0.2) is 0 Å². The van der Waals surface area contributed by atoms with Crippen LogP contribution in [0.15, 0.2) is 12.3 Å². The van der Waals surface area contributed by atoms with E-state index in [1.165, 1.54) is 0 Å². The van der Waals surface area contributed by atoms with Crippen LogP contribution >= 0.6 is 0 Å². The van der Waals surface area contributed by atoms with Crippen LogP contribution in [0.3, 0.4) is 0 Å². The standard InChI is InChI=1S/C14H22N2O/c1-4-12(5-2)16-7-6-11(15-16)9-14(17)13-8-10(13)3/h6-7,10,12-13H,4-5,8-9H2,1-3H3. The molecule has 0 radical (unpaired) electrons. The SMILES string of the molecule is CCC(CC)n1ccc(CC(=O)C2CC2C)n1. The monoisotopic (exact) mass is 234 g/mol. The molecule has 0 saturated heterocycles. The maximum absolute atomic E-state index is 11.9. The summed E-state index contributed by atoms with van der Waals surface area (Å²) in [5.41, 5.74) is 0.931. The fraction of sp³-hybridized carbons (Fsp3) is 0.714. The van der Waals surface area contributed by atoms with Crippen molar-refractivity contribution in [1.82, 2.24) is 9.78 Å². The van der Waals surface area contributed by atoms with Gasteiger partial charge in [0.25, 0.3) is 0 Å². The zero-order valence-corrected chi connectivity index (χ0v) is 11.0. The van der Waals surface area contributed by atoms with Crippen LogP contribution in [0, 0.1) is 11.8 Å². The van der Waals surface area contributed by atoms with Crippen molar-refractivity contribution in [3.8, 4) is 0 Å². The van der Waals surface area contributed by atoms with Crippen LogP contribution in [0.25, 0.3) is 0 Å². The molecule has 17 heavy (non-hydrogen) atoms. The lowest BCUT2D eigenvalue weighted by Gasteiger charge is -2.12. The van der Waals surface area contributed by atoms with E-state index in [4.69, 9.17) is 0 Å². The van der Waals surface area contributed by atoms with Crippen LogP contribution in [0.1, 0.15) is 51.8 Å². The Morgan fingerprint density at radius 3 is 2.71 bits per heavy atom. The van der Waals surface area contributed by atoms with Crippen LogP contribution in [-0.4, -0.2) is 15.6 Å². The number of carbonyl (C=O) groups is 1. The summed E-state index contributed by atoms with van der Waals surface area (Å²) >= 11 is 0. The van der Waals surface area contributed by atoms with E-state index in [0.29, 0.717) is 30.1 Å². The lowest BCUT2D eigenvalue weighted by molar-refractivity contribution is -0.119. The Balaban J connectivity index is 1.96. The number of Topliss-reactive ketones (excluding diaryl/α,β-unsaturated/α-hetero) is 1. The fourth-order valence-corrected chi connectivity index (χ4v) is 2.42. The molecule has 0 amide bonds. The van der Waals surface area contributed by atoms with Gasteiger partial charge in [-0.1, -0.05) is 20.8 Å². The molecular formula is C14H22N2O. The Morgan fingerprint density at radius 1 is 1.53 bits per heavy atom. The third-order valence-electron chi connectivity index (χ3n) is 3.86. The molecule has 1 aromatic heterocycles. The minimum absolute atomic E-state index is 0.313. The van der Waals surface area contributed by atoms with Gasteiger partial charge < -0.3 is 0 Å². The molecule has 1 saturated carbocycles. The molecule has 0 aliphatic heterocycles. The molecule has 3 heteroatoms. The molecular weight excluding hydrogens is 212 g/mol. The van der Waals surface area contributed by atoms with Crippen molar-refractivity contribution >= 4 is 5.78 Å². The van der Waals surface area contributed by atoms with Gasteiger partial charge in [0.15, 0.2) is 0 Å². The highest BCUT2D eigenvalue weighted by molar-refractivity contribution is 5.85. The number of carbonyl (C=O) groups excluding carboxylic acids is 1. The van der Waals surface area contributed by atoms with Crippen LogP contribution in [-0.2, 0) is 11.2 Å². The van der Waals surface area contributed by atoms with Crippen molar-refractivity contribution in [1.29, 1.82) is 0 Å². The highest BCUT2D eigenvalue weighted by Gasteiger charge is 2.38. The molecule has 94 valence electrons. The van der Waals surface area contributed by atoms with Crippen molar-refractivity contribution in [2.75, 3.05) is 0 Å². The van der Waals surface area contributed by atoms with Crippen molar-refractivity contribution in [3.05, 3.63) is 18.0 Å². The van der Waals surface area contributed by atoms with Gasteiger partial charge in [0, 0.05) is 12.1 Å². The number of nitrogens with zero attached hydrogens (tertiary/aromatic N) is 2. The number of hydrogen-bond donors (Lipinski definition) is 0. The number of aromatic nitrogens is 2. The molecule has 2 unspecified atom stereocenters. The van der Waals surface area contributed by atoms with Gasteiger partial charge in [0.05, 0.1) is 18.2 Å². The minimum atomic E-state index is 0.313. The molecule has 2 rings (SSSR count). The molecule has 1 fully saturated rings. The Morgan fingerprint density at radius 2 is 2.18 bits per heavy atom. The minimum Gasteiger partial charge on any atom is -0.299 e. The largest absolute Gasteiger partial charge is 0.299 e. The summed E-state index contributed by atoms with van der Waals surface area (Å²) in [5, 5.41) is 4.52. The summed E-state index contributed by atoms with van der Waals surface area (Å²) in [6.07, 6.45) is 5.78. The van der Waals surface area contributed by atoms with E-state index >= 15 is 0 Å². The third kappa shape index (κ3) is 2.76. The number of rotatable bonds is 6. The fourth-order valence-electron chi connectivity index (χ4n) is 2.42. The highest BCUT2D eigenvalue weighted by atomic mass is 16.1. The van der Waals surface area contributed by atoms with Gasteiger partial charge in [-0.15, -0.1) is 0 Å². The van der Waals surface area contributed by atoms with Crippen LogP contribution in [0.2, 0.25) is 0 Å². The first-order valence-corrected chi connectivity index (χ1v) is 6.72. The average molecular weight is 234 g/mol. The van der Waals surface area contributed by atoms with Crippen molar-refractivity contribution < 1.29 is 4.79 Å². The molecule has 0 spiro atoms. The maximum atomic E-state index is 11.9. The first-order valence-electron chi connectivity index (χ1n) is 6.72. The molecule has 2 atom stereocenters. The predicted octanol–water partition coefficient (Wildman–Crippen LogP) is 3.01. The molecule has 1 aromatic rings. The van der Waals surface area contributed by atoms with Crippen LogP contribution in [0.5, 0.6) is 0 Å². The Bertz CT molecular complexity index is 393. The number of ketones is 1. The molecule has 1 aliphatic carbocycles. The van der Waals surface area contributed by atoms with Gasteiger partial charge in [-0.2, -0.15) is 5.10 Å². The summed E-state index contributed by atoms with van der Waals surface area (Å²) in [6, 6.07) is 2.46. The maximum Gasteiger partial charge on any atom is 0.142 e. The molecule has 1 aliphatic rings. The second kappa shape index (κ2) is 5.03. The van der Waals surface area contributed by atoms with E-state index in [2.05, 4.69) is 25.9 Å². The van der Waals surface area contributed by atoms with Crippen LogP contribution < -0.4 is 0 Å². The zero-order chi connectivity index (χ0) is 12.4. The quantitative estimate of drug-likeness (QED) is 0.758. The molecule has 3 nitrogen and oxygen atoms in total. The van der Waals surface area contributed by atoms with Gasteiger partial charge in [0.1, 0.15) is 5.78 Å². The third-order valence-corrected chi connectivity index (χ3v) is 3.86. The summed E-state index contributed by atoms with van der Waals surface area (Å²) in [7, 11) is 0. The second-order valence-electron chi connectivity index (χ2n) is 5.22. The smallest absolute Gasteiger partial charge is 0.142 e. The molecule has 0 N–H and O–H groups in total. The molecule has 0 aromatic carbocycles. The topological polar surface area (TPSA) is 34.9 Å². The van der Waals surface area contributed by atoms with Crippen molar-refractivity contribution in [2.45, 2.75) is 52.5 Å². The van der Waals surface area contributed by atoms with Crippen molar-refractivity contribution in [2.24, 2.45) is 11.8 Å². The molecule has 1 heterocycles. The van der Waals surface area contributed by atoms with Crippen molar-refractivity contribution in [3.63, 3.8) is 0 Å². The van der Waals surface area contributed by atoms with E-state index in [1.807, 2.05) is 16.9 Å². The van der Waals surface area contributed by atoms with Crippen LogP contribution in [0.4, 0.5) is 0 Å². The van der Waals surface area contributed by atoms with Gasteiger partial charge in [0.2, 0.25) is 0 Å². The van der Waals surface area contributed by atoms with E-state index in [-0.39, 0.29) is 0 Å². The Kier molecular flexibility index (Phi) is 3.65. The van der Waals surface area contributed by atoms with E-state index in [0.717, 1.165) is 25.0 Å². The lowest BCUT2D eigenvalue weighted by atomic mass is 10.1. The first-order chi connectivity index (χ1) is 8.15. The summed E-state index contributed by atoms with van der Waals surface area (Å²) in [6.45, 7) is 6.49. The Hall–Kier alpha value is -1.12. The average Bonchev–Trinajstić information content (AvgIpc) is 2.86. The van der Waals surface area contributed by atoms with Gasteiger partial charge >= 0.3 is 0 Å². The Labute approximate surface area is 103 Å². The summed E-state index contributed by atoms with van der Waals surface area (Å²) in [4.78, 5) is 11.9. The van der Waals surface area contributed by atoms with E-state index in [1.54, 1.807) is 0 Å². The highest BCUT2D eigenvalue weighted by Crippen LogP contribution is 2.38. The molecule has 0 bridgehead atoms. The van der Waals surface area contributed by atoms with Gasteiger partial charge in [-0.05, 0) is 31.2 Å². The zero-order valence-electron chi connectivity index (χ0n) is 11.0. The first kappa shape index (κ1) is 12.3.